The molecule has 0 aromatic heterocycles. The van der Waals surface area contributed by atoms with Gasteiger partial charge < -0.3 is 28.7 Å². The first kappa shape index (κ1) is 41.0. The fraction of sp³-hybridized carbons (Fsp3) is 0.447. The highest BCUT2D eigenvalue weighted by Gasteiger charge is 2.32. The number of nitrogens with zero attached hydrogens (tertiary/aromatic N) is 4. The van der Waals surface area contributed by atoms with Gasteiger partial charge in [-0.25, -0.2) is 4.39 Å². The van der Waals surface area contributed by atoms with Crippen molar-refractivity contribution in [2.75, 3.05) is 76.5 Å². The standard InChI is InChI=1S/C25H32N2O3.C22H25FN2O3/c1-17-7-9-26(10-8-17)11-12-30-23-15-21(5-6-22(23)29-4)27-16-20-14-18(2)13-19(3)24(20)25(27)28;1-27-20-9-8-16(14-21(20)28-13-12-24-10-3-2-4-11-24)25-15-18-17(22(25)26)6-5-7-19(18)23/h5-6,13-15,17H,7-12,16H2,1-4H3;5-9,14H,2-4,10-13,15H2,1H3. The normalized spacial score (nSPS) is 17.1. The highest BCUT2D eigenvalue weighted by Crippen LogP contribution is 2.38. The Kier molecular flexibility index (Phi) is 13.2. The zero-order chi connectivity index (χ0) is 40.8. The number of benzene rings is 4. The second-order valence-corrected chi connectivity index (χ2v) is 16.0. The maximum Gasteiger partial charge on any atom is 0.259 e. The third-order valence-corrected chi connectivity index (χ3v) is 11.8. The zero-order valence-electron chi connectivity index (χ0n) is 34.7. The third kappa shape index (κ3) is 9.26. The molecular weight excluding hydrogens is 736 g/mol. The van der Waals surface area contributed by atoms with E-state index in [1.165, 1.54) is 43.7 Å². The molecule has 11 heteroatoms. The lowest BCUT2D eigenvalue weighted by atomic mass is 9.99. The van der Waals surface area contributed by atoms with Crippen LogP contribution < -0.4 is 28.7 Å². The van der Waals surface area contributed by atoms with E-state index in [9.17, 15) is 14.0 Å². The van der Waals surface area contributed by atoms with Crippen LogP contribution in [0.25, 0.3) is 0 Å². The molecule has 0 unspecified atom stereocenters. The van der Waals surface area contributed by atoms with Crippen LogP contribution in [-0.2, 0) is 13.1 Å². The molecule has 2 fully saturated rings. The summed E-state index contributed by atoms with van der Waals surface area (Å²) in [5, 5.41) is 0. The fourth-order valence-corrected chi connectivity index (χ4v) is 8.51. The van der Waals surface area contributed by atoms with Crippen LogP contribution >= 0.6 is 0 Å². The Hall–Kier alpha value is -5.13. The van der Waals surface area contributed by atoms with Crippen LogP contribution in [-0.4, -0.2) is 88.3 Å². The van der Waals surface area contributed by atoms with Gasteiger partial charge in [0.25, 0.3) is 11.8 Å². The highest BCUT2D eigenvalue weighted by molar-refractivity contribution is 6.11. The Bertz CT molecular complexity index is 2090. The van der Waals surface area contributed by atoms with Gasteiger partial charge in [-0.3, -0.25) is 19.4 Å². The Morgan fingerprint density at radius 2 is 1.26 bits per heavy atom. The largest absolute Gasteiger partial charge is 0.493 e. The molecule has 0 saturated carbocycles. The lowest BCUT2D eigenvalue weighted by Gasteiger charge is -2.30. The number of piperidine rings is 2. The SMILES string of the molecule is COc1ccc(N2Cc3c(F)cccc3C2=O)cc1OCCN1CCCCC1.COc1ccc(N2Cc3cc(C)cc(C)c3C2=O)cc1OCCN1CCC(C)CC1. The van der Waals surface area contributed by atoms with Crippen LogP contribution in [0.1, 0.15) is 82.0 Å². The van der Waals surface area contributed by atoms with Gasteiger partial charge in [-0.2, -0.15) is 0 Å². The number of amides is 2. The number of carbonyl (C=O) groups is 2. The predicted octanol–water partition coefficient (Wildman–Crippen LogP) is 8.44. The molecule has 4 aromatic rings. The summed E-state index contributed by atoms with van der Waals surface area (Å²) in [6, 6.07) is 20.0. The number of likely N-dealkylation sites (tertiary alicyclic amines) is 2. The van der Waals surface area contributed by atoms with E-state index in [2.05, 4.69) is 35.8 Å². The fourth-order valence-electron chi connectivity index (χ4n) is 8.51. The van der Waals surface area contributed by atoms with Crippen LogP contribution in [0.15, 0.2) is 66.7 Å². The molecule has 10 nitrogen and oxygen atoms in total. The maximum absolute atomic E-state index is 14.1. The van der Waals surface area contributed by atoms with Gasteiger partial charge in [-0.15, -0.1) is 0 Å². The van der Waals surface area contributed by atoms with Gasteiger partial charge in [-0.05, 0) is 119 Å². The summed E-state index contributed by atoms with van der Waals surface area (Å²) in [4.78, 5) is 34.1. The number of fused-ring (bicyclic) bond motifs is 2. The smallest absolute Gasteiger partial charge is 0.259 e. The molecule has 0 spiro atoms. The molecule has 0 N–H and O–H groups in total. The van der Waals surface area contributed by atoms with Crippen molar-refractivity contribution in [3.8, 4) is 23.0 Å². The molecule has 2 saturated heterocycles. The number of hydrogen-bond acceptors (Lipinski definition) is 8. The minimum Gasteiger partial charge on any atom is -0.493 e. The van der Waals surface area contributed by atoms with Gasteiger partial charge in [0.05, 0.1) is 27.3 Å². The topological polar surface area (TPSA) is 84.0 Å². The number of rotatable bonds is 12. The van der Waals surface area contributed by atoms with Gasteiger partial charge in [-0.1, -0.05) is 37.1 Å². The number of aryl methyl sites for hydroxylation is 2. The van der Waals surface area contributed by atoms with Gasteiger partial charge in [0.15, 0.2) is 23.0 Å². The number of carbonyl (C=O) groups excluding carboxylic acids is 2. The van der Waals surface area contributed by atoms with Crippen LogP contribution in [0, 0.1) is 25.6 Å². The van der Waals surface area contributed by atoms with Crippen LogP contribution in [0.4, 0.5) is 15.8 Å². The quantitative estimate of drug-likeness (QED) is 0.142. The van der Waals surface area contributed by atoms with E-state index >= 15 is 0 Å². The first-order valence-electron chi connectivity index (χ1n) is 20.7. The van der Waals surface area contributed by atoms with E-state index in [0.717, 1.165) is 67.6 Å². The third-order valence-electron chi connectivity index (χ3n) is 11.8. The van der Waals surface area contributed by atoms with Gasteiger partial charge in [0.2, 0.25) is 0 Å². The molecule has 0 atom stereocenters. The second kappa shape index (κ2) is 18.6. The van der Waals surface area contributed by atoms with E-state index in [4.69, 9.17) is 18.9 Å². The van der Waals surface area contributed by atoms with Crippen molar-refractivity contribution in [3.05, 3.63) is 106 Å². The summed E-state index contributed by atoms with van der Waals surface area (Å²) in [5.41, 5.74) is 6.53. The number of ether oxygens (including phenoxy) is 4. The molecule has 4 heterocycles. The summed E-state index contributed by atoms with van der Waals surface area (Å²) in [7, 11) is 3.25. The average Bonchev–Trinajstić information content (AvgIpc) is 3.75. The molecule has 4 aromatic carbocycles. The minimum atomic E-state index is -0.347. The Balaban J connectivity index is 0.000000177. The average molecular weight is 793 g/mol. The van der Waals surface area contributed by atoms with E-state index in [1.807, 2.05) is 30.0 Å². The highest BCUT2D eigenvalue weighted by atomic mass is 19.1. The second-order valence-electron chi connectivity index (χ2n) is 16.0. The Morgan fingerprint density at radius 3 is 1.84 bits per heavy atom. The van der Waals surface area contributed by atoms with Gasteiger partial charge >= 0.3 is 0 Å². The molecule has 4 aliphatic heterocycles. The molecule has 8 rings (SSSR count). The molecule has 0 bridgehead atoms. The van der Waals surface area contributed by atoms with Crippen LogP contribution in [0.2, 0.25) is 0 Å². The lowest BCUT2D eigenvalue weighted by Crippen LogP contribution is -2.35. The number of hydrogen-bond donors (Lipinski definition) is 0. The Morgan fingerprint density at radius 1 is 0.672 bits per heavy atom. The molecule has 0 radical (unpaired) electrons. The van der Waals surface area contributed by atoms with Gasteiger partial charge in [0, 0.05) is 53.3 Å². The van der Waals surface area contributed by atoms with Crippen molar-refractivity contribution in [3.63, 3.8) is 0 Å². The predicted molar refractivity (Wildman–Crippen MR) is 225 cm³/mol. The summed E-state index contributed by atoms with van der Waals surface area (Å²) < 4.78 is 37.1. The van der Waals surface area contributed by atoms with E-state index in [1.54, 1.807) is 49.5 Å². The van der Waals surface area contributed by atoms with Crippen molar-refractivity contribution in [1.29, 1.82) is 0 Å². The summed E-state index contributed by atoms with van der Waals surface area (Å²) >= 11 is 0. The summed E-state index contributed by atoms with van der Waals surface area (Å²) in [6.07, 6.45) is 6.31. The zero-order valence-corrected chi connectivity index (χ0v) is 34.7. The number of anilines is 2. The van der Waals surface area contributed by atoms with E-state index in [0.29, 0.717) is 59.6 Å². The molecule has 4 aliphatic rings. The lowest BCUT2D eigenvalue weighted by molar-refractivity contribution is 0.0988. The van der Waals surface area contributed by atoms with Crippen molar-refractivity contribution in [2.24, 2.45) is 5.92 Å². The first-order valence-corrected chi connectivity index (χ1v) is 20.7. The van der Waals surface area contributed by atoms with Crippen molar-refractivity contribution in [1.82, 2.24) is 9.80 Å². The van der Waals surface area contributed by atoms with Crippen molar-refractivity contribution in [2.45, 2.75) is 66.0 Å². The minimum absolute atomic E-state index is 0.0565. The molecule has 2 amide bonds. The van der Waals surface area contributed by atoms with Crippen molar-refractivity contribution < 1.29 is 32.9 Å². The summed E-state index contributed by atoms with van der Waals surface area (Å²) in [5.74, 6) is 2.95. The van der Waals surface area contributed by atoms with Crippen molar-refractivity contribution >= 4 is 23.2 Å². The molecule has 308 valence electrons. The molecule has 58 heavy (non-hydrogen) atoms. The van der Waals surface area contributed by atoms with E-state index < -0.39 is 0 Å². The molecule has 0 aliphatic carbocycles. The first-order chi connectivity index (χ1) is 28.1. The van der Waals surface area contributed by atoms with Gasteiger partial charge in [0.1, 0.15) is 19.0 Å². The number of halogens is 1. The number of methoxy groups -OCH3 is 2. The maximum atomic E-state index is 14.1. The summed E-state index contributed by atoms with van der Waals surface area (Å²) in [6.45, 7) is 14.7. The molecular formula is C47H57FN4O6. The Labute approximate surface area is 342 Å². The van der Waals surface area contributed by atoms with Crippen LogP contribution in [0.3, 0.4) is 0 Å². The monoisotopic (exact) mass is 792 g/mol. The van der Waals surface area contributed by atoms with Crippen LogP contribution in [0.5, 0.6) is 23.0 Å². The van der Waals surface area contributed by atoms with E-state index in [-0.39, 0.29) is 24.2 Å².